The lowest BCUT2D eigenvalue weighted by atomic mass is 10.0. The lowest BCUT2D eigenvalue weighted by Gasteiger charge is -2.30. The van der Waals surface area contributed by atoms with Crippen LogP contribution in [0.1, 0.15) is 37.8 Å². The van der Waals surface area contributed by atoms with Gasteiger partial charge in [0, 0.05) is 30.8 Å². The summed E-state index contributed by atoms with van der Waals surface area (Å²) in [6.45, 7) is 5.08. The minimum atomic E-state index is -3.97. The first-order chi connectivity index (χ1) is 14.6. The fourth-order valence-electron chi connectivity index (χ4n) is 3.92. The third-order valence-corrected chi connectivity index (χ3v) is 7.84. The van der Waals surface area contributed by atoms with Gasteiger partial charge in [-0.3, -0.25) is 4.79 Å². The molecule has 0 bridgehead atoms. The highest BCUT2D eigenvalue weighted by Gasteiger charge is 2.35. The summed E-state index contributed by atoms with van der Waals surface area (Å²) in [6.07, 6.45) is 1.97. The van der Waals surface area contributed by atoms with Gasteiger partial charge in [0.2, 0.25) is 15.9 Å². The zero-order chi connectivity index (χ0) is 22.8. The number of carbonyl (C=O) groups is 1. The highest BCUT2D eigenvalue weighted by Crippen LogP contribution is 2.30. The Labute approximate surface area is 190 Å². The maximum Gasteiger partial charge on any atom is 0.244 e. The van der Waals surface area contributed by atoms with Gasteiger partial charge in [0.15, 0.2) is 0 Å². The largest absolute Gasteiger partial charge is 0.374 e. The number of likely N-dealkylation sites (N-methyl/N-ethyl adjacent to an activating group) is 1. The first-order valence-corrected chi connectivity index (χ1v) is 12.3. The number of nitrogens with zero attached hydrogens (tertiary/aromatic N) is 2. The average Bonchev–Trinajstić information content (AvgIpc) is 3.07. The van der Waals surface area contributed by atoms with E-state index in [4.69, 9.17) is 17.3 Å². The lowest BCUT2D eigenvalue weighted by molar-refractivity contribution is -0.122. The Balaban J connectivity index is 2.01. The van der Waals surface area contributed by atoms with E-state index in [1.807, 2.05) is 39.1 Å². The van der Waals surface area contributed by atoms with Gasteiger partial charge in [-0.25, -0.2) is 8.42 Å². The quantitative estimate of drug-likeness (QED) is 0.612. The molecule has 0 unspecified atom stereocenters. The fourth-order valence-corrected chi connectivity index (χ4v) is 5.66. The van der Waals surface area contributed by atoms with E-state index in [-0.39, 0.29) is 11.4 Å². The van der Waals surface area contributed by atoms with Gasteiger partial charge in [0.1, 0.15) is 6.04 Å². The summed E-state index contributed by atoms with van der Waals surface area (Å²) < 4.78 is 28.4. The van der Waals surface area contributed by atoms with E-state index in [0.717, 1.165) is 24.2 Å². The van der Waals surface area contributed by atoms with Crippen LogP contribution in [0.4, 0.5) is 5.69 Å². The van der Waals surface area contributed by atoms with Crippen molar-refractivity contribution in [1.29, 1.82) is 0 Å². The molecule has 168 valence electrons. The number of carbonyl (C=O) groups excluding carboxylic acids is 1. The second kappa shape index (κ2) is 9.59. The minimum Gasteiger partial charge on any atom is -0.374 e. The highest BCUT2D eigenvalue weighted by atomic mass is 35.5. The fraction of sp³-hybridized carbons (Fsp3) is 0.435. The molecule has 2 N–H and O–H groups in total. The molecule has 6 nitrogen and oxygen atoms in total. The molecule has 0 aliphatic carbocycles. The molecule has 1 amide bonds. The number of nitrogens with two attached hydrogens (primary N) is 1. The van der Waals surface area contributed by atoms with Crippen molar-refractivity contribution < 1.29 is 13.2 Å². The number of halogens is 1. The summed E-state index contributed by atoms with van der Waals surface area (Å²) in [5, 5.41) is 0.444. The second-order valence-corrected chi connectivity index (χ2v) is 10.9. The number of hydrogen-bond donors (Lipinski definition) is 1. The summed E-state index contributed by atoms with van der Waals surface area (Å²) in [4.78, 5) is 14.7. The van der Waals surface area contributed by atoms with E-state index in [1.165, 1.54) is 34.1 Å². The van der Waals surface area contributed by atoms with E-state index in [2.05, 4.69) is 4.90 Å². The van der Waals surface area contributed by atoms with Crippen LogP contribution in [0, 0.1) is 5.92 Å². The normalized spacial score (nSPS) is 14.8. The van der Waals surface area contributed by atoms with Crippen LogP contribution in [0.15, 0.2) is 47.4 Å². The maximum absolute atomic E-state index is 13.6. The van der Waals surface area contributed by atoms with E-state index in [9.17, 15) is 13.2 Å². The third-order valence-electron chi connectivity index (χ3n) is 5.72. The predicted molar refractivity (Wildman–Crippen MR) is 125 cm³/mol. The van der Waals surface area contributed by atoms with Crippen molar-refractivity contribution >= 4 is 33.2 Å². The van der Waals surface area contributed by atoms with Crippen LogP contribution in [-0.4, -0.2) is 38.3 Å². The molecule has 1 heterocycles. The van der Waals surface area contributed by atoms with Gasteiger partial charge < -0.3 is 10.6 Å². The number of benzene rings is 2. The molecule has 0 fully saturated rings. The summed E-state index contributed by atoms with van der Waals surface area (Å²) in [7, 11) is -1.93. The van der Waals surface area contributed by atoms with E-state index >= 15 is 0 Å². The summed E-state index contributed by atoms with van der Waals surface area (Å²) in [6, 6.07) is 11.0. The molecule has 8 heteroatoms. The Hall–Kier alpha value is -2.09. The maximum atomic E-state index is 13.6. The van der Waals surface area contributed by atoms with Crippen molar-refractivity contribution in [1.82, 2.24) is 4.31 Å². The molecule has 0 spiro atoms. The van der Waals surface area contributed by atoms with Crippen LogP contribution >= 0.6 is 11.6 Å². The van der Waals surface area contributed by atoms with E-state index in [1.54, 1.807) is 0 Å². The van der Waals surface area contributed by atoms with Crippen molar-refractivity contribution in [2.75, 3.05) is 18.5 Å². The van der Waals surface area contributed by atoms with Gasteiger partial charge >= 0.3 is 0 Å². The van der Waals surface area contributed by atoms with Crippen molar-refractivity contribution in [3.05, 3.63) is 58.6 Å². The molecule has 0 aromatic heterocycles. The molecule has 1 aliphatic heterocycles. The van der Waals surface area contributed by atoms with Crippen molar-refractivity contribution in [3.8, 4) is 0 Å². The molecular formula is C23H30ClN3O3S. The molecule has 1 aliphatic rings. The number of anilines is 1. The predicted octanol–water partition coefficient (Wildman–Crippen LogP) is 3.81. The van der Waals surface area contributed by atoms with Crippen LogP contribution in [0.5, 0.6) is 0 Å². The minimum absolute atomic E-state index is 0.0770. The molecule has 2 aromatic rings. The molecule has 0 saturated heterocycles. The zero-order valence-electron chi connectivity index (χ0n) is 18.2. The molecule has 3 rings (SSSR count). The van der Waals surface area contributed by atoms with Gasteiger partial charge in [-0.1, -0.05) is 37.6 Å². The van der Waals surface area contributed by atoms with Gasteiger partial charge in [-0.05, 0) is 66.6 Å². The topological polar surface area (TPSA) is 83.7 Å². The molecule has 0 saturated carbocycles. The van der Waals surface area contributed by atoms with Gasteiger partial charge in [0.05, 0.1) is 4.90 Å². The Morgan fingerprint density at radius 1 is 1.16 bits per heavy atom. The van der Waals surface area contributed by atoms with Gasteiger partial charge in [-0.2, -0.15) is 4.31 Å². The Bertz CT molecular complexity index is 1040. The highest BCUT2D eigenvalue weighted by molar-refractivity contribution is 7.89. The number of hydrogen-bond acceptors (Lipinski definition) is 4. The number of rotatable bonds is 9. The standard InChI is InChI=1S/C23H30ClN3O3S/c1-16(2)4-10-22(23(25)28)27(31(29,30)20-8-6-19(24)7-9-20)15-17-5-11-21-18(14-17)12-13-26(21)3/h5-9,11,14,16,22H,4,10,12-13,15H2,1-3H3,(H2,25,28)/t22-/m1/s1. The van der Waals surface area contributed by atoms with Gasteiger partial charge in [-0.15, -0.1) is 0 Å². The van der Waals surface area contributed by atoms with Crippen LogP contribution < -0.4 is 10.6 Å². The zero-order valence-corrected chi connectivity index (χ0v) is 19.8. The summed E-state index contributed by atoms with van der Waals surface area (Å²) >= 11 is 5.95. The van der Waals surface area contributed by atoms with Crippen molar-refractivity contribution in [2.24, 2.45) is 11.7 Å². The number of primary amides is 1. The molecular weight excluding hydrogens is 434 g/mol. The Morgan fingerprint density at radius 3 is 2.45 bits per heavy atom. The summed E-state index contributed by atoms with van der Waals surface area (Å²) in [5.74, 6) is -0.323. The van der Waals surface area contributed by atoms with E-state index in [0.29, 0.717) is 23.8 Å². The third kappa shape index (κ3) is 5.40. The van der Waals surface area contributed by atoms with Crippen LogP contribution in [-0.2, 0) is 27.8 Å². The number of sulfonamides is 1. The SMILES string of the molecule is CC(C)CC[C@H](C(N)=O)N(Cc1ccc2c(c1)CCN2C)S(=O)(=O)c1ccc(Cl)cc1. The number of fused-ring (bicyclic) bond motifs is 1. The average molecular weight is 464 g/mol. The monoisotopic (exact) mass is 463 g/mol. The van der Waals surface area contributed by atoms with E-state index < -0.39 is 22.0 Å². The van der Waals surface area contributed by atoms with Gasteiger partial charge in [0.25, 0.3) is 0 Å². The van der Waals surface area contributed by atoms with Crippen LogP contribution in [0.2, 0.25) is 5.02 Å². The first kappa shape index (κ1) is 23.6. The molecule has 0 radical (unpaired) electrons. The first-order valence-electron chi connectivity index (χ1n) is 10.5. The molecule has 1 atom stereocenters. The Morgan fingerprint density at radius 2 is 1.84 bits per heavy atom. The number of amides is 1. The summed E-state index contributed by atoms with van der Waals surface area (Å²) in [5.41, 5.74) is 8.88. The second-order valence-electron chi connectivity index (χ2n) is 8.53. The molecule has 31 heavy (non-hydrogen) atoms. The van der Waals surface area contributed by atoms with Crippen LogP contribution in [0.3, 0.4) is 0 Å². The smallest absolute Gasteiger partial charge is 0.244 e. The lowest BCUT2D eigenvalue weighted by Crippen LogP contribution is -2.47. The Kier molecular flexibility index (Phi) is 7.29. The van der Waals surface area contributed by atoms with Crippen molar-refractivity contribution in [3.63, 3.8) is 0 Å². The van der Waals surface area contributed by atoms with Crippen molar-refractivity contribution in [2.45, 2.75) is 50.6 Å². The molecule has 2 aromatic carbocycles. The van der Waals surface area contributed by atoms with Crippen LogP contribution in [0.25, 0.3) is 0 Å².